The Morgan fingerprint density at radius 1 is 1.32 bits per heavy atom. The minimum Gasteiger partial charge on any atom is -0.294 e. The average Bonchev–Trinajstić information content (AvgIpc) is 2.33. The SMILES string of the molecule is C[C@@H]1CN(S(C)(=O)=O)CCN1Cc1ccccc1I. The molecule has 0 amide bonds. The lowest BCUT2D eigenvalue weighted by atomic mass is 10.1. The normalized spacial score (nSPS) is 22.6. The van der Waals surface area contributed by atoms with Gasteiger partial charge in [-0.05, 0) is 41.1 Å². The molecule has 1 aliphatic rings. The van der Waals surface area contributed by atoms with Crippen LogP contribution in [0.3, 0.4) is 0 Å². The molecule has 4 nitrogen and oxygen atoms in total. The van der Waals surface area contributed by atoms with Gasteiger partial charge in [-0.1, -0.05) is 18.2 Å². The summed E-state index contributed by atoms with van der Waals surface area (Å²) in [6.45, 7) is 4.94. The molecule has 1 aromatic carbocycles. The summed E-state index contributed by atoms with van der Waals surface area (Å²) in [6, 6.07) is 8.58. The lowest BCUT2D eigenvalue weighted by Gasteiger charge is -2.38. The molecule has 1 aliphatic heterocycles. The number of benzene rings is 1. The Balaban J connectivity index is 2.03. The van der Waals surface area contributed by atoms with Crippen LogP contribution in [0.5, 0.6) is 0 Å². The minimum absolute atomic E-state index is 0.250. The van der Waals surface area contributed by atoms with Crippen molar-refractivity contribution in [2.24, 2.45) is 0 Å². The molecule has 1 heterocycles. The molecule has 0 bridgehead atoms. The first-order valence-electron chi connectivity index (χ1n) is 6.30. The van der Waals surface area contributed by atoms with Crippen LogP contribution in [0.2, 0.25) is 0 Å². The van der Waals surface area contributed by atoms with E-state index in [9.17, 15) is 8.42 Å². The van der Waals surface area contributed by atoms with Crippen LogP contribution in [0.25, 0.3) is 0 Å². The summed E-state index contributed by atoms with van der Waals surface area (Å²) in [5, 5.41) is 0. The third kappa shape index (κ3) is 3.90. The van der Waals surface area contributed by atoms with Gasteiger partial charge in [0.1, 0.15) is 0 Å². The molecule has 0 aromatic heterocycles. The zero-order valence-electron chi connectivity index (χ0n) is 11.2. The summed E-state index contributed by atoms with van der Waals surface area (Å²) < 4.78 is 25.9. The predicted molar refractivity (Wildman–Crippen MR) is 85.4 cm³/mol. The standard InChI is InChI=1S/C13H19IN2O2S/c1-11-9-16(19(2,17)18)8-7-15(11)10-12-5-3-4-6-13(12)14/h3-6,11H,7-10H2,1-2H3/t11-/m1/s1. The van der Waals surface area contributed by atoms with Gasteiger partial charge < -0.3 is 0 Å². The maximum atomic E-state index is 11.6. The number of nitrogens with zero attached hydrogens (tertiary/aromatic N) is 2. The second-order valence-corrected chi connectivity index (χ2v) is 8.18. The Morgan fingerprint density at radius 2 is 2.00 bits per heavy atom. The van der Waals surface area contributed by atoms with Gasteiger partial charge in [0, 0.05) is 35.8 Å². The van der Waals surface area contributed by atoms with E-state index in [2.05, 4.69) is 52.6 Å². The van der Waals surface area contributed by atoms with Crippen molar-refractivity contribution in [1.82, 2.24) is 9.21 Å². The first-order chi connectivity index (χ1) is 8.88. The molecule has 0 aliphatic carbocycles. The van der Waals surface area contributed by atoms with E-state index in [0.29, 0.717) is 13.1 Å². The molecular weight excluding hydrogens is 375 g/mol. The minimum atomic E-state index is -3.06. The van der Waals surface area contributed by atoms with Crippen LogP contribution in [0.4, 0.5) is 0 Å². The zero-order valence-corrected chi connectivity index (χ0v) is 14.2. The Morgan fingerprint density at radius 3 is 2.58 bits per heavy atom. The van der Waals surface area contributed by atoms with Crippen LogP contribution in [0, 0.1) is 3.57 Å². The monoisotopic (exact) mass is 394 g/mol. The second kappa shape index (κ2) is 6.07. The molecule has 1 saturated heterocycles. The second-order valence-electron chi connectivity index (χ2n) is 5.03. The highest BCUT2D eigenvalue weighted by Crippen LogP contribution is 2.18. The van der Waals surface area contributed by atoms with Gasteiger partial charge in [0.05, 0.1) is 6.26 Å². The molecule has 1 fully saturated rings. The van der Waals surface area contributed by atoms with Crippen LogP contribution in [0.15, 0.2) is 24.3 Å². The molecule has 0 N–H and O–H groups in total. The summed E-state index contributed by atoms with van der Waals surface area (Å²) in [5.41, 5.74) is 1.31. The Hall–Kier alpha value is -0.180. The van der Waals surface area contributed by atoms with Crippen LogP contribution < -0.4 is 0 Å². The fraction of sp³-hybridized carbons (Fsp3) is 0.538. The number of sulfonamides is 1. The van der Waals surface area contributed by atoms with Crippen molar-refractivity contribution in [3.63, 3.8) is 0 Å². The molecule has 0 radical (unpaired) electrons. The van der Waals surface area contributed by atoms with E-state index in [4.69, 9.17) is 0 Å². The third-order valence-electron chi connectivity index (χ3n) is 3.53. The van der Waals surface area contributed by atoms with Crippen molar-refractivity contribution in [3.05, 3.63) is 33.4 Å². The van der Waals surface area contributed by atoms with Crippen LogP contribution in [0.1, 0.15) is 12.5 Å². The van der Waals surface area contributed by atoms with E-state index >= 15 is 0 Å². The Bertz CT molecular complexity index is 547. The van der Waals surface area contributed by atoms with Gasteiger partial charge >= 0.3 is 0 Å². The molecule has 1 aromatic rings. The topological polar surface area (TPSA) is 40.6 Å². The first kappa shape index (κ1) is 15.2. The van der Waals surface area contributed by atoms with Crippen molar-refractivity contribution in [2.45, 2.75) is 19.5 Å². The molecule has 106 valence electrons. The fourth-order valence-electron chi connectivity index (χ4n) is 2.34. The maximum absolute atomic E-state index is 11.6. The number of halogens is 1. The van der Waals surface area contributed by atoms with E-state index in [1.165, 1.54) is 15.4 Å². The van der Waals surface area contributed by atoms with Crippen molar-refractivity contribution in [3.8, 4) is 0 Å². The average molecular weight is 394 g/mol. The summed E-state index contributed by atoms with van der Waals surface area (Å²) in [4.78, 5) is 2.35. The van der Waals surface area contributed by atoms with Crippen LogP contribution in [-0.4, -0.2) is 49.6 Å². The largest absolute Gasteiger partial charge is 0.294 e. The first-order valence-corrected chi connectivity index (χ1v) is 9.23. The van der Waals surface area contributed by atoms with Gasteiger partial charge in [-0.3, -0.25) is 4.90 Å². The van der Waals surface area contributed by atoms with Crippen LogP contribution >= 0.6 is 22.6 Å². The molecule has 0 spiro atoms. The highest BCUT2D eigenvalue weighted by atomic mass is 127. The van der Waals surface area contributed by atoms with E-state index in [1.807, 2.05) is 6.07 Å². The lowest BCUT2D eigenvalue weighted by molar-refractivity contribution is 0.122. The summed E-state index contributed by atoms with van der Waals surface area (Å²) in [7, 11) is -3.06. The predicted octanol–water partition coefficient (Wildman–Crippen LogP) is 1.76. The van der Waals surface area contributed by atoms with Gasteiger partial charge in [0.25, 0.3) is 0 Å². The highest BCUT2D eigenvalue weighted by molar-refractivity contribution is 14.1. The van der Waals surface area contributed by atoms with Gasteiger partial charge in [-0.2, -0.15) is 4.31 Å². The number of rotatable bonds is 3. The molecule has 19 heavy (non-hydrogen) atoms. The van der Waals surface area contributed by atoms with E-state index in [-0.39, 0.29) is 6.04 Å². The van der Waals surface area contributed by atoms with Crippen molar-refractivity contribution < 1.29 is 8.42 Å². The maximum Gasteiger partial charge on any atom is 0.211 e. The van der Waals surface area contributed by atoms with Crippen molar-refractivity contribution in [2.75, 3.05) is 25.9 Å². The quantitative estimate of drug-likeness (QED) is 0.734. The van der Waals surface area contributed by atoms with Crippen LogP contribution in [-0.2, 0) is 16.6 Å². The van der Waals surface area contributed by atoms with E-state index < -0.39 is 10.0 Å². The molecule has 0 unspecified atom stereocenters. The number of hydrogen-bond acceptors (Lipinski definition) is 3. The zero-order chi connectivity index (χ0) is 14.0. The molecule has 1 atom stereocenters. The molecule has 2 rings (SSSR count). The number of piperazine rings is 1. The Kier molecular flexibility index (Phi) is 4.86. The third-order valence-corrected chi connectivity index (χ3v) is 5.85. The molecule has 6 heteroatoms. The summed E-state index contributed by atoms with van der Waals surface area (Å²) in [6.07, 6.45) is 1.29. The molecule has 0 saturated carbocycles. The summed E-state index contributed by atoms with van der Waals surface area (Å²) in [5.74, 6) is 0. The van der Waals surface area contributed by atoms with E-state index in [0.717, 1.165) is 13.1 Å². The van der Waals surface area contributed by atoms with Gasteiger partial charge in [0.2, 0.25) is 10.0 Å². The van der Waals surface area contributed by atoms with E-state index in [1.54, 1.807) is 4.31 Å². The van der Waals surface area contributed by atoms with Gasteiger partial charge in [0.15, 0.2) is 0 Å². The highest BCUT2D eigenvalue weighted by Gasteiger charge is 2.28. The smallest absolute Gasteiger partial charge is 0.211 e. The van der Waals surface area contributed by atoms with Gasteiger partial charge in [-0.15, -0.1) is 0 Å². The fourth-order valence-corrected chi connectivity index (χ4v) is 3.80. The lowest BCUT2D eigenvalue weighted by Crippen LogP contribution is -2.52. The van der Waals surface area contributed by atoms with Crippen molar-refractivity contribution in [1.29, 1.82) is 0 Å². The summed E-state index contributed by atoms with van der Waals surface area (Å²) >= 11 is 2.35. The Labute approximate surface area is 129 Å². The number of hydrogen-bond donors (Lipinski definition) is 0. The van der Waals surface area contributed by atoms with Gasteiger partial charge in [-0.25, -0.2) is 8.42 Å². The van der Waals surface area contributed by atoms with Crippen molar-refractivity contribution >= 4 is 32.6 Å². The molecular formula is C13H19IN2O2S.